The van der Waals surface area contributed by atoms with Crippen LogP contribution >= 0.6 is 0 Å². The third-order valence-corrected chi connectivity index (χ3v) is 5.77. The summed E-state index contributed by atoms with van der Waals surface area (Å²) in [4.78, 5) is 70.3. The number of primary amides is 1. The molecule has 14 nitrogen and oxygen atoms in total. The molecule has 8 N–H and O–H groups in total. The molecule has 0 saturated carbocycles. The predicted octanol–water partition coefficient (Wildman–Crippen LogP) is -0.785. The second-order valence-electron chi connectivity index (χ2n) is 8.85. The van der Waals surface area contributed by atoms with Crippen molar-refractivity contribution in [3.63, 3.8) is 0 Å². The summed E-state index contributed by atoms with van der Waals surface area (Å²) in [5.41, 5.74) is 11.4. The number of benzene rings is 1. The van der Waals surface area contributed by atoms with Crippen LogP contribution in [0.5, 0.6) is 5.75 Å². The van der Waals surface area contributed by atoms with E-state index in [1.165, 1.54) is 30.7 Å². The van der Waals surface area contributed by atoms with Gasteiger partial charge in [0.25, 0.3) is 11.8 Å². The second kappa shape index (κ2) is 14.4. The number of aromatic nitrogens is 2. The Hall–Kier alpha value is -4.59. The van der Waals surface area contributed by atoms with E-state index in [-0.39, 0.29) is 43.0 Å². The minimum absolute atomic E-state index is 0.0147. The van der Waals surface area contributed by atoms with Crippen LogP contribution in [0.1, 0.15) is 53.0 Å². The number of nitrogens with zero attached hydrogens (tertiary/aromatic N) is 2. The molecule has 0 spiro atoms. The zero-order valence-electron chi connectivity index (χ0n) is 21.3. The van der Waals surface area contributed by atoms with Crippen molar-refractivity contribution in [2.45, 2.75) is 44.2 Å². The van der Waals surface area contributed by atoms with E-state index in [0.29, 0.717) is 31.5 Å². The molecule has 0 aliphatic carbocycles. The minimum atomic E-state index is -1.17. The summed E-state index contributed by atoms with van der Waals surface area (Å²) < 4.78 is 5.96. The molecule has 1 aromatic carbocycles. The lowest BCUT2D eigenvalue weighted by Crippen LogP contribution is -2.52. The predicted molar refractivity (Wildman–Crippen MR) is 139 cm³/mol. The molecule has 1 aromatic heterocycles. The van der Waals surface area contributed by atoms with Gasteiger partial charge in [-0.3, -0.25) is 29.0 Å². The molecule has 3 rings (SSSR count). The Balaban J connectivity index is 1.86. The third kappa shape index (κ3) is 9.03. The summed E-state index contributed by atoms with van der Waals surface area (Å²) >= 11 is 0. The van der Waals surface area contributed by atoms with Gasteiger partial charge >= 0.3 is 0 Å². The maximum absolute atomic E-state index is 13.0. The van der Waals surface area contributed by atoms with E-state index in [2.05, 4.69) is 31.2 Å². The van der Waals surface area contributed by atoms with Crippen LogP contribution in [0.15, 0.2) is 36.8 Å². The monoisotopic (exact) mass is 540 g/mol. The quantitative estimate of drug-likeness (QED) is 0.231. The van der Waals surface area contributed by atoms with Gasteiger partial charge in [-0.1, -0.05) is 6.42 Å². The molecule has 2 aromatic rings. The highest BCUT2D eigenvalue weighted by Crippen LogP contribution is 2.24. The standard InChI is InChI=1S/C25H32N8O6/c26-7-2-1-3-16-14-39-20-5-4-15(31-25(38)19-13-28-9-10-29-19)11-17(20)23(36)30-8-6-22(35)33-18(12-21(27)34)24(37)32-16/h4-5,9-11,13,16,18H,1-3,6-8,12,14,26H2,(H2,27,34)(H,30,36)(H,31,38)(H,32,37)(H,33,35)/t16?,18-/m0/s1. The fraction of sp³-hybridized carbons (Fsp3) is 0.400. The normalized spacial score (nSPS) is 18.3. The summed E-state index contributed by atoms with van der Waals surface area (Å²) in [6.07, 6.45) is 5.47. The topological polar surface area (TPSA) is 221 Å². The number of hydrogen-bond acceptors (Lipinski definition) is 9. The van der Waals surface area contributed by atoms with Crippen molar-refractivity contribution in [1.82, 2.24) is 25.9 Å². The van der Waals surface area contributed by atoms with E-state index in [9.17, 15) is 24.0 Å². The molecule has 0 fully saturated rings. The maximum atomic E-state index is 13.0. The van der Waals surface area contributed by atoms with Crippen LogP contribution in [0.25, 0.3) is 0 Å². The van der Waals surface area contributed by atoms with E-state index in [4.69, 9.17) is 16.2 Å². The van der Waals surface area contributed by atoms with E-state index in [1.54, 1.807) is 6.07 Å². The molecule has 2 atom stereocenters. The smallest absolute Gasteiger partial charge is 0.275 e. The van der Waals surface area contributed by atoms with Gasteiger partial charge in [-0.25, -0.2) is 4.98 Å². The second-order valence-corrected chi connectivity index (χ2v) is 8.85. The van der Waals surface area contributed by atoms with Crippen molar-refractivity contribution in [3.8, 4) is 5.75 Å². The lowest BCUT2D eigenvalue weighted by Gasteiger charge is -2.24. The van der Waals surface area contributed by atoms with Crippen LogP contribution in [0.4, 0.5) is 5.69 Å². The first-order chi connectivity index (χ1) is 18.8. The maximum Gasteiger partial charge on any atom is 0.275 e. The number of unbranched alkanes of at least 4 members (excludes halogenated alkanes) is 1. The highest BCUT2D eigenvalue weighted by molar-refractivity contribution is 6.04. The van der Waals surface area contributed by atoms with Crippen LogP contribution in [-0.4, -0.2) is 71.3 Å². The van der Waals surface area contributed by atoms with Gasteiger partial charge in [0.05, 0.1) is 24.2 Å². The molecule has 1 unspecified atom stereocenters. The zero-order valence-corrected chi connectivity index (χ0v) is 21.3. The largest absolute Gasteiger partial charge is 0.491 e. The van der Waals surface area contributed by atoms with Gasteiger partial charge in [0, 0.05) is 31.0 Å². The van der Waals surface area contributed by atoms with Gasteiger partial charge in [0.2, 0.25) is 17.7 Å². The van der Waals surface area contributed by atoms with Crippen molar-refractivity contribution in [2.75, 3.05) is 25.0 Å². The first-order valence-corrected chi connectivity index (χ1v) is 12.5. The Morgan fingerprint density at radius 1 is 1.13 bits per heavy atom. The molecule has 0 radical (unpaired) electrons. The van der Waals surface area contributed by atoms with Crippen LogP contribution in [-0.2, 0) is 14.4 Å². The molecule has 39 heavy (non-hydrogen) atoms. The number of carbonyl (C=O) groups excluding carboxylic acids is 5. The average molecular weight is 541 g/mol. The lowest BCUT2D eigenvalue weighted by molar-refractivity contribution is -0.131. The molecule has 0 bridgehead atoms. The number of anilines is 1. The molecule has 1 aliphatic heterocycles. The molecular formula is C25H32N8O6. The van der Waals surface area contributed by atoms with Crippen LogP contribution in [0.2, 0.25) is 0 Å². The molecule has 14 heteroatoms. The molecule has 208 valence electrons. The molecule has 1 aliphatic rings. The number of rotatable bonds is 8. The summed E-state index contributed by atoms with van der Waals surface area (Å²) in [7, 11) is 0. The van der Waals surface area contributed by atoms with Gasteiger partial charge in [-0.15, -0.1) is 0 Å². The van der Waals surface area contributed by atoms with Gasteiger partial charge in [-0.2, -0.15) is 0 Å². The van der Waals surface area contributed by atoms with Crippen LogP contribution in [0.3, 0.4) is 0 Å². The van der Waals surface area contributed by atoms with E-state index >= 15 is 0 Å². The highest BCUT2D eigenvalue weighted by Gasteiger charge is 2.26. The Labute approximate surface area is 224 Å². The van der Waals surface area contributed by atoms with Crippen LogP contribution in [0, 0.1) is 0 Å². The number of nitrogens with two attached hydrogens (primary N) is 2. The molecule has 0 saturated heterocycles. The fourth-order valence-electron chi connectivity index (χ4n) is 3.81. The van der Waals surface area contributed by atoms with E-state index < -0.39 is 41.6 Å². The van der Waals surface area contributed by atoms with E-state index in [1.807, 2.05) is 0 Å². The van der Waals surface area contributed by atoms with Gasteiger partial charge in [-0.05, 0) is 37.6 Å². The zero-order chi connectivity index (χ0) is 28.2. The van der Waals surface area contributed by atoms with E-state index in [0.717, 1.165) is 0 Å². The summed E-state index contributed by atoms with van der Waals surface area (Å²) in [6, 6.07) is 2.83. The number of ether oxygens (including phenoxy) is 1. The Morgan fingerprint density at radius 2 is 1.95 bits per heavy atom. The minimum Gasteiger partial charge on any atom is -0.491 e. The number of carbonyl (C=O) groups is 5. The van der Waals surface area contributed by atoms with Gasteiger partial charge < -0.3 is 37.5 Å². The van der Waals surface area contributed by atoms with Crippen molar-refractivity contribution in [3.05, 3.63) is 48.0 Å². The average Bonchev–Trinajstić information content (AvgIpc) is 2.91. The SMILES string of the molecule is NCCCCC1COc2ccc(NC(=O)c3cnccn3)cc2C(=O)NCCC(=O)N[C@@H](CC(N)=O)C(=O)N1. The number of amides is 5. The summed E-state index contributed by atoms with van der Waals surface area (Å²) in [5, 5.41) is 10.6. The van der Waals surface area contributed by atoms with Crippen molar-refractivity contribution in [1.29, 1.82) is 0 Å². The number of nitrogens with one attached hydrogen (secondary N) is 4. The Kier molecular flexibility index (Phi) is 10.7. The highest BCUT2D eigenvalue weighted by atomic mass is 16.5. The van der Waals surface area contributed by atoms with Crippen molar-refractivity contribution < 1.29 is 28.7 Å². The number of hydrogen-bond donors (Lipinski definition) is 6. The molecule has 5 amide bonds. The van der Waals surface area contributed by atoms with Crippen molar-refractivity contribution in [2.24, 2.45) is 11.5 Å². The first-order valence-electron chi connectivity index (χ1n) is 12.5. The Bertz CT molecular complexity index is 1190. The molecular weight excluding hydrogens is 508 g/mol. The third-order valence-electron chi connectivity index (χ3n) is 5.77. The summed E-state index contributed by atoms with van der Waals surface area (Å²) in [5.74, 6) is -2.73. The lowest BCUT2D eigenvalue weighted by atomic mass is 10.1. The van der Waals surface area contributed by atoms with Crippen molar-refractivity contribution >= 4 is 35.2 Å². The van der Waals surface area contributed by atoms with Gasteiger partial charge in [0.1, 0.15) is 24.1 Å². The van der Waals surface area contributed by atoms with Gasteiger partial charge in [0.15, 0.2) is 0 Å². The number of fused-ring (bicyclic) bond motifs is 1. The molecule has 2 heterocycles. The summed E-state index contributed by atoms with van der Waals surface area (Å²) in [6.45, 7) is 0.389. The first kappa shape index (κ1) is 29.0. The Morgan fingerprint density at radius 3 is 2.67 bits per heavy atom. The van der Waals surface area contributed by atoms with Crippen LogP contribution < -0.4 is 37.5 Å². The fourth-order valence-corrected chi connectivity index (χ4v) is 3.81.